The summed E-state index contributed by atoms with van der Waals surface area (Å²) in [6, 6.07) is 4.98. The lowest BCUT2D eigenvalue weighted by molar-refractivity contribution is -0.129. The van der Waals surface area contributed by atoms with Crippen LogP contribution in [0.2, 0.25) is 0 Å². The van der Waals surface area contributed by atoms with Crippen LogP contribution in [0.1, 0.15) is 36.0 Å². The van der Waals surface area contributed by atoms with Gasteiger partial charge in [0.05, 0.1) is 6.61 Å². The van der Waals surface area contributed by atoms with Gasteiger partial charge in [0.25, 0.3) is 0 Å². The van der Waals surface area contributed by atoms with Crippen LogP contribution in [0.4, 0.5) is 0 Å². The molecule has 1 aliphatic carbocycles. The van der Waals surface area contributed by atoms with E-state index in [1.807, 2.05) is 0 Å². The number of carbonyl (C=O) groups is 1. The number of benzene rings is 1. The van der Waals surface area contributed by atoms with Crippen molar-refractivity contribution in [3.63, 3.8) is 0 Å². The van der Waals surface area contributed by atoms with Crippen LogP contribution in [0, 0.1) is 0 Å². The van der Waals surface area contributed by atoms with Gasteiger partial charge in [-0.1, -0.05) is 6.07 Å². The van der Waals surface area contributed by atoms with Crippen LogP contribution in [0.25, 0.3) is 0 Å². The van der Waals surface area contributed by atoms with Gasteiger partial charge in [0.2, 0.25) is 5.91 Å². The molecule has 2 aliphatic heterocycles. The first-order chi connectivity index (χ1) is 9.31. The number of amides is 1. The van der Waals surface area contributed by atoms with Crippen molar-refractivity contribution in [2.45, 2.75) is 44.6 Å². The number of hydrogen-bond donors (Lipinski definition) is 0. The number of rotatable bonds is 1. The number of hydrogen-bond acceptors (Lipinski definition) is 2. The zero-order valence-electron chi connectivity index (χ0n) is 11.2. The molecule has 3 aliphatic rings. The highest BCUT2D eigenvalue weighted by molar-refractivity contribution is 5.78. The van der Waals surface area contributed by atoms with E-state index in [1.54, 1.807) is 0 Å². The topological polar surface area (TPSA) is 29.5 Å². The second-order valence-electron chi connectivity index (χ2n) is 5.91. The fourth-order valence-corrected chi connectivity index (χ4v) is 3.74. The quantitative estimate of drug-likeness (QED) is 0.771. The number of fused-ring (bicyclic) bond motifs is 2. The van der Waals surface area contributed by atoms with E-state index in [-0.39, 0.29) is 0 Å². The summed E-state index contributed by atoms with van der Waals surface area (Å²) in [5.74, 6) is 1.43. The summed E-state index contributed by atoms with van der Waals surface area (Å²) < 4.78 is 5.67. The Morgan fingerprint density at radius 3 is 2.89 bits per heavy atom. The van der Waals surface area contributed by atoms with Crippen molar-refractivity contribution < 1.29 is 9.53 Å². The minimum atomic E-state index is 0.353. The number of aryl methyl sites for hydroxylation is 1. The molecule has 100 valence electrons. The van der Waals surface area contributed by atoms with Gasteiger partial charge < -0.3 is 9.64 Å². The average molecular weight is 257 g/mol. The van der Waals surface area contributed by atoms with Crippen LogP contribution >= 0.6 is 0 Å². The molecule has 1 fully saturated rings. The smallest absolute Gasteiger partial charge is 0.222 e. The molecule has 0 bridgehead atoms. The van der Waals surface area contributed by atoms with Gasteiger partial charge >= 0.3 is 0 Å². The van der Waals surface area contributed by atoms with Crippen molar-refractivity contribution in [2.75, 3.05) is 13.2 Å². The molecule has 1 amide bonds. The molecule has 1 aromatic carbocycles. The fraction of sp³-hybridized carbons (Fsp3) is 0.562. The van der Waals surface area contributed by atoms with Crippen molar-refractivity contribution in [1.29, 1.82) is 0 Å². The molecule has 3 nitrogen and oxygen atoms in total. The van der Waals surface area contributed by atoms with Crippen LogP contribution in [0.15, 0.2) is 12.1 Å². The minimum absolute atomic E-state index is 0.353. The van der Waals surface area contributed by atoms with E-state index in [0.29, 0.717) is 11.9 Å². The Bertz CT molecular complexity index is 538. The van der Waals surface area contributed by atoms with E-state index in [9.17, 15) is 4.79 Å². The Labute approximate surface area is 113 Å². The van der Waals surface area contributed by atoms with Crippen LogP contribution < -0.4 is 4.74 Å². The van der Waals surface area contributed by atoms with Gasteiger partial charge in [-0.25, -0.2) is 0 Å². The van der Waals surface area contributed by atoms with E-state index in [0.717, 1.165) is 57.4 Å². The Balaban J connectivity index is 1.61. The molecule has 19 heavy (non-hydrogen) atoms. The lowest BCUT2D eigenvalue weighted by atomic mass is 9.86. The van der Waals surface area contributed by atoms with Crippen molar-refractivity contribution in [2.24, 2.45) is 0 Å². The molecule has 0 aromatic heterocycles. The SMILES string of the molecule is O=C1CCCN1C1CCc2cc3c(cc2C1)OCC3. The molecule has 4 rings (SSSR count). The largest absolute Gasteiger partial charge is 0.493 e. The molecule has 0 saturated carbocycles. The van der Waals surface area contributed by atoms with Gasteiger partial charge in [0, 0.05) is 25.4 Å². The summed E-state index contributed by atoms with van der Waals surface area (Å²) in [7, 11) is 0. The molecule has 1 aromatic rings. The molecule has 1 saturated heterocycles. The lowest BCUT2D eigenvalue weighted by Gasteiger charge is -2.32. The monoisotopic (exact) mass is 257 g/mol. The molecule has 1 atom stereocenters. The first-order valence-electron chi connectivity index (χ1n) is 7.38. The molecular formula is C16H19NO2. The van der Waals surface area contributed by atoms with E-state index >= 15 is 0 Å². The molecule has 1 unspecified atom stereocenters. The van der Waals surface area contributed by atoms with Crippen molar-refractivity contribution in [1.82, 2.24) is 4.90 Å². The van der Waals surface area contributed by atoms with Gasteiger partial charge in [-0.3, -0.25) is 4.79 Å². The van der Waals surface area contributed by atoms with E-state index in [1.165, 1.54) is 16.7 Å². The van der Waals surface area contributed by atoms with E-state index in [2.05, 4.69) is 17.0 Å². The molecular weight excluding hydrogens is 238 g/mol. The van der Waals surface area contributed by atoms with Gasteiger partial charge in [0.1, 0.15) is 5.75 Å². The summed E-state index contributed by atoms with van der Waals surface area (Å²) in [6.45, 7) is 1.78. The number of carbonyl (C=O) groups excluding carboxylic acids is 1. The number of likely N-dealkylation sites (tertiary alicyclic amines) is 1. The van der Waals surface area contributed by atoms with Crippen LogP contribution in [-0.2, 0) is 24.1 Å². The summed E-state index contributed by atoms with van der Waals surface area (Å²) in [5, 5.41) is 0. The third-order valence-electron chi connectivity index (χ3n) is 4.76. The Morgan fingerprint density at radius 1 is 1.11 bits per heavy atom. The minimum Gasteiger partial charge on any atom is -0.493 e. The highest BCUT2D eigenvalue weighted by Gasteiger charge is 2.31. The summed E-state index contributed by atoms with van der Waals surface area (Å²) in [6.07, 6.45) is 6.08. The molecule has 3 heteroatoms. The Morgan fingerprint density at radius 2 is 2.05 bits per heavy atom. The third kappa shape index (κ3) is 1.83. The Hall–Kier alpha value is -1.51. The van der Waals surface area contributed by atoms with Gasteiger partial charge in [-0.05, 0) is 48.4 Å². The highest BCUT2D eigenvalue weighted by Crippen LogP contribution is 2.34. The zero-order valence-corrected chi connectivity index (χ0v) is 11.2. The van der Waals surface area contributed by atoms with Crippen LogP contribution in [0.3, 0.4) is 0 Å². The second kappa shape index (κ2) is 4.26. The van der Waals surface area contributed by atoms with E-state index < -0.39 is 0 Å². The summed E-state index contributed by atoms with van der Waals surface area (Å²) >= 11 is 0. The highest BCUT2D eigenvalue weighted by atomic mass is 16.5. The van der Waals surface area contributed by atoms with E-state index in [4.69, 9.17) is 4.74 Å². The first-order valence-corrected chi connectivity index (χ1v) is 7.38. The molecule has 0 radical (unpaired) electrons. The maximum atomic E-state index is 11.9. The average Bonchev–Trinajstić information content (AvgIpc) is 3.03. The molecule has 0 spiro atoms. The number of ether oxygens (including phenoxy) is 1. The van der Waals surface area contributed by atoms with Gasteiger partial charge in [-0.15, -0.1) is 0 Å². The fourth-order valence-electron chi connectivity index (χ4n) is 3.74. The van der Waals surface area contributed by atoms with Gasteiger partial charge in [-0.2, -0.15) is 0 Å². The number of nitrogens with zero attached hydrogens (tertiary/aromatic N) is 1. The predicted octanol–water partition coefficient (Wildman–Crippen LogP) is 2.10. The van der Waals surface area contributed by atoms with Crippen molar-refractivity contribution in [3.8, 4) is 5.75 Å². The zero-order chi connectivity index (χ0) is 12.8. The second-order valence-corrected chi connectivity index (χ2v) is 5.91. The van der Waals surface area contributed by atoms with Gasteiger partial charge in [0.15, 0.2) is 0 Å². The van der Waals surface area contributed by atoms with Crippen molar-refractivity contribution >= 4 is 5.91 Å². The lowest BCUT2D eigenvalue weighted by Crippen LogP contribution is -2.40. The standard InChI is InChI=1S/C16H19NO2/c18-16-2-1-6-17(16)14-4-3-11-8-12-5-7-19-15(12)10-13(11)9-14/h8,10,14H,1-7,9H2. The summed E-state index contributed by atoms with van der Waals surface area (Å²) in [4.78, 5) is 14.0. The van der Waals surface area contributed by atoms with Crippen molar-refractivity contribution in [3.05, 3.63) is 28.8 Å². The van der Waals surface area contributed by atoms with Crippen LogP contribution in [-0.4, -0.2) is 30.0 Å². The maximum absolute atomic E-state index is 11.9. The molecule has 0 N–H and O–H groups in total. The normalized spacial score (nSPS) is 25.2. The third-order valence-corrected chi connectivity index (χ3v) is 4.76. The maximum Gasteiger partial charge on any atom is 0.222 e. The predicted molar refractivity (Wildman–Crippen MR) is 72.4 cm³/mol. The van der Waals surface area contributed by atoms with Crippen LogP contribution in [0.5, 0.6) is 5.75 Å². The Kier molecular flexibility index (Phi) is 2.54. The molecule has 2 heterocycles. The summed E-state index contributed by atoms with van der Waals surface area (Å²) in [5.41, 5.74) is 4.25. The first kappa shape index (κ1) is 11.3.